The largest absolute Gasteiger partial charge is 0.481 e. The lowest BCUT2D eigenvalue weighted by molar-refractivity contribution is -0.136. The SMILES string of the molecule is O=C(O)CCNc1ccc(F)c(Br)c1. The molecule has 14 heavy (non-hydrogen) atoms. The highest BCUT2D eigenvalue weighted by Crippen LogP contribution is 2.19. The average molecular weight is 262 g/mol. The zero-order valence-electron chi connectivity index (χ0n) is 7.26. The van der Waals surface area contributed by atoms with Crippen molar-refractivity contribution < 1.29 is 14.3 Å². The van der Waals surface area contributed by atoms with Crippen molar-refractivity contribution in [1.29, 1.82) is 0 Å². The quantitative estimate of drug-likeness (QED) is 0.876. The van der Waals surface area contributed by atoms with Gasteiger partial charge < -0.3 is 10.4 Å². The van der Waals surface area contributed by atoms with Gasteiger partial charge in [-0.15, -0.1) is 0 Å². The molecule has 0 atom stereocenters. The number of halogens is 2. The molecule has 1 aromatic rings. The third kappa shape index (κ3) is 3.33. The molecule has 76 valence electrons. The lowest BCUT2D eigenvalue weighted by Crippen LogP contribution is -2.07. The van der Waals surface area contributed by atoms with Crippen LogP contribution in [0, 0.1) is 5.82 Å². The molecule has 0 saturated carbocycles. The lowest BCUT2D eigenvalue weighted by atomic mass is 10.3. The zero-order valence-corrected chi connectivity index (χ0v) is 8.84. The van der Waals surface area contributed by atoms with Gasteiger partial charge in [-0.05, 0) is 34.1 Å². The number of aliphatic carboxylic acids is 1. The minimum absolute atomic E-state index is 0.0367. The van der Waals surface area contributed by atoms with Gasteiger partial charge in [-0.2, -0.15) is 0 Å². The molecule has 0 heterocycles. The van der Waals surface area contributed by atoms with Crippen LogP contribution in [-0.2, 0) is 4.79 Å². The van der Waals surface area contributed by atoms with Crippen molar-refractivity contribution in [1.82, 2.24) is 0 Å². The van der Waals surface area contributed by atoms with Gasteiger partial charge in [0.1, 0.15) is 5.82 Å². The van der Waals surface area contributed by atoms with Gasteiger partial charge in [0.2, 0.25) is 0 Å². The van der Waals surface area contributed by atoms with Crippen LogP contribution in [0.4, 0.5) is 10.1 Å². The molecular weight excluding hydrogens is 253 g/mol. The van der Waals surface area contributed by atoms with Crippen molar-refractivity contribution in [2.75, 3.05) is 11.9 Å². The minimum Gasteiger partial charge on any atom is -0.481 e. The van der Waals surface area contributed by atoms with Crippen molar-refractivity contribution in [2.24, 2.45) is 0 Å². The molecular formula is C9H9BrFNO2. The first-order valence-corrected chi connectivity index (χ1v) is 4.79. The highest BCUT2D eigenvalue weighted by Gasteiger charge is 2.00. The summed E-state index contributed by atoms with van der Waals surface area (Å²) in [6.07, 6.45) is 0.0367. The summed E-state index contributed by atoms with van der Waals surface area (Å²) in [4.78, 5) is 10.2. The van der Waals surface area contributed by atoms with Gasteiger partial charge in [-0.3, -0.25) is 4.79 Å². The summed E-state index contributed by atoms with van der Waals surface area (Å²) in [5.74, 6) is -1.20. The number of carbonyl (C=O) groups is 1. The molecule has 2 N–H and O–H groups in total. The predicted octanol–water partition coefficient (Wildman–Crippen LogP) is 2.47. The second-order valence-corrected chi connectivity index (χ2v) is 3.55. The predicted molar refractivity (Wildman–Crippen MR) is 54.8 cm³/mol. The van der Waals surface area contributed by atoms with Crippen molar-refractivity contribution in [3.63, 3.8) is 0 Å². The van der Waals surface area contributed by atoms with Crippen LogP contribution in [0.2, 0.25) is 0 Å². The molecule has 0 saturated heterocycles. The fraction of sp³-hybridized carbons (Fsp3) is 0.222. The minimum atomic E-state index is -0.862. The highest BCUT2D eigenvalue weighted by atomic mass is 79.9. The van der Waals surface area contributed by atoms with Crippen LogP contribution in [0.5, 0.6) is 0 Å². The van der Waals surface area contributed by atoms with Crippen LogP contribution in [0.1, 0.15) is 6.42 Å². The Balaban J connectivity index is 2.51. The second kappa shape index (κ2) is 4.95. The van der Waals surface area contributed by atoms with Crippen molar-refractivity contribution in [3.8, 4) is 0 Å². The fourth-order valence-corrected chi connectivity index (χ4v) is 1.30. The van der Waals surface area contributed by atoms with Crippen LogP contribution in [0.25, 0.3) is 0 Å². The van der Waals surface area contributed by atoms with E-state index >= 15 is 0 Å². The lowest BCUT2D eigenvalue weighted by Gasteiger charge is -2.04. The Morgan fingerprint density at radius 1 is 1.57 bits per heavy atom. The summed E-state index contributed by atoms with van der Waals surface area (Å²) in [6.45, 7) is 0.327. The van der Waals surface area contributed by atoms with Crippen molar-refractivity contribution in [2.45, 2.75) is 6.42 Å². The molecule has 0 aromatic heterocycles. The van der Waals surface area contributed by atoms with Gasteiger partial charge >= 0.3 is 5.97 Å². The number of hydrogen-bond donors (Lipinski definition) is 2. The molecule has 0 aliphatic rings. The van der Waals surface area contributed by atoms with Gasteiger partial charge in [-0.1, -0.05) is 0 Å². The summed E-state index contributed by atoms with van der Waals surface area (Å²) < 4.78 is 13.1. The molecule has 0 radical (unpaired) electrons. The second-order valence-electron chi connectivity index (χ2n) is 2.70. The summed E-state index contributed by atoms with van der Waals surface area (Å²) in [6, 6.07) is 4.44. The van der Waals surface area contributed by atoms with E-state index in [0.29, 0.717) is 16.7 Å². The van der Waals surface area contributed by atoms with Crippen LogP contribution < -0.4 is 5.32 Å². The number of rotatable bonds is 4. The zero-order chi connectivity index (χ0) is 10.6. The molecule has 0 aliphatic carbocycles. The first kappa shape index (κ1) is 11.0. The molecule has 1 rings (SSSR count). The molecule has 1 aromatic carbocycles. The third-order valence-corrected chi connectivity index (χ3v) is 2.20. The van der Waals surface area contributed by atoms with Crippen molar-refractivity contribution >= 4 is 27.6 Å². The van der Waals surface area contributed by atoms with E-state index in [0.717, 1.165) is 0 Å². The maximum absolute atomic E-state index is 12.8. The van der Waals surface area contributed by atoms with Crippen LogP contribution >= 0.6 is 15.9 Å². The molecule has 5 heteroatoms. The molecule has 3 nitrogen and oxygen atoms in total. The van der Waals surface area contributed by atoms with E-state index in [1.807, 2.05) is 0 Å². The first-order valence-electron chi connectivity index (χ1n) is 4.00. The van der Waals surface area contributed by atoms with Crippen LogP contribution in [0.15, 0.2) is 22.7 Å². The van der Waals surface area contributed by atoms with Gasteiger partial charge in [-0.25, -0.2) is 4.39 Å². The topological polar surface area (TPSA) is 49.3 Å². The molecule has 0 amide bonds. The number of carboxylic acid groups (broad SMARTS) is 1. The Labute approximate surface area is 89.1 Å². The summed E-state index contributed by atoms with van der Waals surface area (Å²) >= 11 is 3.04. The average Bonchev–Trinajstić information content (AvgIpc) is 2.10. The fourth-order valence-electron chi connectivity index (χ4n) is 0.920. The standard InChI is InChI=1S/C9H9BrFNO2/c10-7-5-6(1-2-8(7)11)12-4-3-9(13)14/h1-2,5,12H,3-4H2,(H,13,14). The smallest absolute Gasteiger partial charge is 0.305 e. The summed E-state index contributed by atoms with van der Waals surface area (Å²) in [5, 5.41) is 11.2. The van der Waals surface area contributed by atoms with E-state index in [9.17, 15) is 9.18 Å². The number of hydrogen-bond acceptors (Lipinski definition) is 2. The highest BCUT2D eigenvalue weighted by molar-refractivity contribution is 9.10. The first-order chi connectivity index (χ1) is 6.59. The molecule has 0 spiro atoms. The maximum atomic E-state index is 12.8. The number of anilines is 1. The van der Waals surface area contributed by atoms with Gasteiger partial charge in [0, 0.05) is 12.2 Å². The Morgan fingerprint density at radius 2 is 2.29 bits per heavy atom. The van der Waals surface area contributed by atoms with Gasteiger partial charge in [0.05, 0.1) is 10.9 Å². The molecule has 0 aliphatic heterocycles. The summed E-state index contributed by atoms with van der Waals surface area (Å²) in [5.41, 5.74) is 0.694. The van der Waals surface area contributed by atoms with E-state index in [2.05, 4.69) is 21.2 Å². The number of carboxylic acids is 1. The maximum Gasteiger partial charge on any atom is 0.305 e. The van der Waals surface area contributed by atoms with E-state index in [-0.39, 0.29) is 12.2 Å². The van der Waals surface area contributed by atoms with E-state index in [4.69, 9.17) is 5.11 Å². The van der Waals surface area contributed by atoms with Gasteiger partial charge in [0.25, 0.3) is 0 Å². The van der Waals surface area contributed by atoms with E-state index in [1.54, 1.807) is 12.1 Å². The number of benzene rings is 1. The van der Waals surface area contributed by atoms with Crippen molar-refractivity contribution in [3.05, 3.63) is 28.5 Å². The third-order valence-electron chi connectivity index (χ3n) is 1.59. The Hall–Kier alpha value is -1.10. The Kier molecular flexibility index (Phi) is 3.88. The van der Waals surface area contributed by atoms with E-state index in [1.165, 1.54) is 6.07 Å². The summed E-state index contributed by atoms with van der Waals surface area (Å²) in [7, 11) is 0. The Bertz CT molecular complexity index is 344. The van der Waals surface area contributed by atoms with Crippen LogP contribution in [-0.4, -0.2) is 17.6 Å². The molecule has 0 bridgehead atoms. The van der Waals surface area contributed by atoms with Crippen LogP contribution in [0.3, 0.4) is 0 Å². The molecule has 0 unspecified atom stereocenters. The number of nitrogens with one attached hydrogen (secondary N) is 1. The van der Waals surface area contributed by atoms with E-state index < -0.39 is 5.97 Å². The molecule has 0 fully saturated rings. The van der Waals surface area contributed by atoms with Gasteiger partial charge in [0.15, 0.2) is 0 Å². The normalized spacial score (nSPS) is 9.86. The monoisotopic (exact) mass is 261 g/mol. The Morgan fingerprint density at radius 3 is 2.86 bits per heavy atom.